The summed E-state index contributed by atoms with van der Waals surface area (Å²) in [5, 5.41) is 10.3. The molecule has 0 radical (unpaired) electrons. The number of amides is 2. The molecule has 7 nitrogen and oxygen atoms in total. The third-order valence-corrected chi connectivity index (χ3v) is 5.30. The molecule has 142 valence electrons. The number of aromatic nitrogens is 2. The molecule has 27 heavy (non-hydrogen) atoms. The van der Waals surface area contributed by atoms with Crippen LogP contribution in [0, 0.1) is 0 Å². The van der Waals surface area contributed by atoms with Crippen molar-refractivity contribution in [2.24, 2.45) is 7.05 Å². The molecule has 1 aromatic carbocycles. The molecule has 1 aliphatic carbocycles. The van der Waals surface area contributed by atoms with E-state index in [2.05, 4.69) is 15.7 Å². The number of nitrogens with one attached hydrogen (secondary N) is 2. The van der Waals surface area contributed by atoms with Gasteiger partial charge in [-0.05, 0) is 50.3 Å². The van der Waals surface area contributed by atoms with E-state index in [1.54, 1.807) is 24.3 Å². The van der Waals surface area contributed by atoms with Crippen molar-refractivity contribution in [3.63, 3.8) is 0 Å². The van der Waals surface area contributed by atoms with E-state index in [9.17, 15) is 9.59 Å². The van der Waals surface area contributed by atoms with Crippen molar-refractivity contribution in [3.8, 4) is 0 Å². The molecule has 1 aromatic heterocycles. The van der Waals surface area contributed by atoms with Crippen molar-refractivity contribution >= 4 is 17.5 Å². The zero-order chi connectivity index (χ0) is 18.8. The van der Waals surface area contributed by atoms with Crippen LogP contribution in [0.1, 0.15) is 53.3 Å². The molecular weight excluding hydrogens is 344 g/mol. The standard InChI is InChI=1S/C20H24N4O3/c1-24-17-8-3-7-16(15(17)12-21-24)23-19(25)13-5-2-6-14(11-13)22-20(26)18-9-4-10-27-18/h2,5-6,11-12,16,18H,3-4,7-10H2,1H3,(H,22,26)(H,23,25)/t16-,18+/m0/s1. The minimum absolute atomic E-state index is 0.0277. The second-order valence-electron chi connectivity index (χ2n) is 7.16. The van der Waals surface area contributed by atoms with Gasteiger partial charge < -0.3 is 15.4 Å². The highest BCUT2D eigenvalue weighted by molar-refractivity contribution is 5.98. The monoisotopic (exact) mass is 368 g/mol. The number of fused-ring (bicyclic) bond motifs is 1. The van der Waals surface area contributed by atoms with Gasteiger partial charge in [0.15, 0.2) is 0 Å². The van der Waals surface area contributed by atoms with Crippen molar-refractivity contribution in [2.75, 3.05) is 11.9 Å². The number of carbonyl (C=O) groups is 2. The predicted octanol–water partition coefficient (Wildman–Crippen LogP) is 2.35. The fourth-order valence-electron chi connectivity index (χ4n) is 3.84. The minimum atomic E-state index is -0.395. The zero-order valence-corrected chi connectivity index (χ0v) is 15.4. The second-order valence-corrected chi connectivity index (χ2v) is 7.16. The van der Waals surface area contributed by atoms with Crippen LogP contribution in [0.4, 0.5) is 5.69 Å². The Kier molecular flexibility index (Phi) is 4.94. The molecule has 4 rings (SSSR count). The average Bonchev–Trinajstić information content (AvgIpc) is 3.33. The summed E-state index contributed by atoms with van der Waals surface area (Å²) in [6.07, 6.45) is 6.00. The highest BCUT2D eigenvalue weighted by atomic mass is 16.5. The number of ether oxygens (including phenoxy) is 1. The first-order valence-corrected chi connectivity index (χ1v) is 9.46. The highest BCUT2D eigenvalue weighted by Crippen LogP contribution is 2.29. The van der Waals surface area contributed by atoms with E-state index in [4.69, 9.17) is 4.74 Å². The Morgan fingerprint density at radius 1 is 1.26 bits per heavy atom. The SMILES string of the molecule is Cn1ncc2c1CCC[C@@H]2NC(=O)c1cccc(NC(=O)[C@H]2CCCO2)c1. The van der Waals surface area contributed by atoms with E-state index in [1.165, 1.54) is 5.69 Å². The summed E-state index contributed by atoms with van der Waals surface area (Å²) < 4.78 is 7.29. The van der Waals surface area contributed by atoms with Gasteiger partial charge in [0.05, 0.1) is 12.2 Å². The van der Waals surface area contributed by atoms with Gasteiger partial charge in [-0.1, -0.05) is 6.07 Å². The van der Waals surface area contributed by atoms with Gasteiger partial charge in [-0.3, -0.25) is 14.3 Å². The van der Waals surface area contributed by atoms with Crippen LogP contribution >= 0.6 is 0 Å². The van der Waals surface area contributed by atoms with E-state index in [1.807, 2.05) is 17.9 Å². The van der Waals surface area contributed by atoms with Gasteiger partial charge in [0.2, 0.25) is 0 Å². The van der Waals surface area contributed by atoms with E-state index in [0.29, 0.717) is 17.9 Å². The summed E-state index contributed by atoms with van der Waals surface area (Å²) in [7, 11) is 1.93. The van der Waals surface area contributed by atoms with Crippen molar-refractivity contribution < 1.29 is 14.3 Å². The molecule has 2 atom stereocenters. The molecule has 1 fully saturated rings. The fourth-order valence-corrected chi connectivity index (χ4v) is 3.84. The topological polar surface area (TPSA) is 85.3 Å². The summed E-state index contributed by atoms with van der Waals surface area (Å²) >= 11 is 0. The highest BCUT2D eigenvalue weighted by Gasteiger charge is 2.26. The van der Waals surface area contributed by atoms with Crippen LogP contribution in [0.2, 0.25) is 0 Å². The Bertz CT molecular complexity index is 855. The van der Waals surface area contributed by atoms with Gasteiger partial charge in [0.1, 0.15) is 6.10 Å². The molecule has 2 aliphatic rings. The lowest BCUT2D eigenvalue weighted by Gasteiger charge is -2.24. The van der Waals surface area contributed by atoms with E-state index in [0.717, 1.165) is 37.7 Å². The quantitative estimate of drug-likeness (QED) is 0.867. The number of benzene rings is 1. The Hall–Kier alpha value is -2.67. The maximum absolute atomic E-state index is 12.7. The molecule has 2 aromatic rings. The van der Waals surface area contributed by atoms with E-state index < -0.39 is 6.10 Å². The van der Waals surface area contributed by atoms with Gasteiger partial charge in [0.25, 0.3) is 11.8 Å². The third kappa shape index (κ3) is 3.73. The van der Waals surface area contributed by atoms with Crippen molar-refractivity contribution in [1.82, 2.24) is 15.1 Å². The number of nitrogens with zero attached hydrogens (tertiary/aromatic N) is 2. The summed E-state index contributed by atoms with van der Waals surface area (Å²) in [4.78, 5) is 25.0. The van der Waals surface area contributed by atoms with Crippen LogP contribution in [0.15, 0.2) is 30.5 Å². The van der Waals surface area contributed by atoms with Crippen LogP contribution in [-0.4, -0.2) is 34.3 Å². The van der Waals surface area contributed by atoms with Gasteiger partial charge in [-0.15, -0.1) is 0 Å². The van der Waals surface area contributed by atoms with Crippen LogP contribution < -0.4 is 10.6 Å². The minimum Gasteiger partial charge on any atom is -0.368 e. The van der Waals surface area contributed by atoms with Gasteiger partial charge in [0, 0.05) is 36.2 Å². The first kappa shape index (κ1) is 17.7. The smallest absolute Gasteiger partial charge is 0.253 e. The van der Waals surface area contributed by atoms with Gasteiger partial charge in [-0.25, -0.2) is 0 Å². The van der Waals surface area contributed by atoms with E-state index >= 15 is 0 Å². The summed E-state index contributed by atoms with van der Waals surface area (Å²) in [6, 6.07) is 6.99. The van der Waals surface area contributed by atoms with Crippen molar-refractivity contribution in [2.45, 2.75) is 44.2 Å². The number of hydrogen-bond donors (Lipinski definition) is 2. The molecular formula is C20H24N4O3. The third-order valence-electron chi connectivity index (χ3n) is 5.30. The van der Waals surface area contributed by atoms with Crippen LogP contribution in [0.25, 0.3) is 0 Å². The molecule has 1 saturated heterocycles. The molecule has 2 amide bonds. The normalized spacial score (nSPS) is 21.5. The van der Waals surface area contributed by atoms with Crippen LogP contribution in [0.5, 0.6) is 0 Å². The molecule has 0 spiro atoms. The Morgan fingerprint density at radius 3 is 2.96 bits per heavy atom. The number of aryl methyl sites for hydroxylation is 1. The van der Waals surface area contributed by atoms with Crippen LogP contribution in [-0.2, 0) is 23.0 Å². The molecule has 2 N–H and O–H groups in total. The largest absolute Gasteiger partial charge is 0.368 e. The number of rotatable bonds is 4. The lowest BCUT2D eigenvalue weighted by Crippen LogP contribution is -2.31. The molecule has 0 unspecified atom stereocenters. The Labute approximate surface area is 158 Å². The Morgan fingerprint density at radius 2 is 2.15 bits per heavy atom. The number of hydrogen-bond acceptors (Lipinski definition) is 4. The lowest BCUT2D eigenvalue weighted by atomic mass is 9.92. The van der Waals surface area contributed by atoms with Crippen molar-refractivity contribution in [1.29, 1.82) is 0 Å². The first-order chi connectivity index (χ1) is 13.1. The first-order valence-electron chi connectivity index (χ1n) is 9.46. The van der Waals surface area contributed by atoms with E-state index in [-0.39, 0.29) is 17.9 Å². The number of anilines is 1. The zero-order valence-electron chi connectivity index (χ0n) is 15.4. The van der Waals surface area contributed by atoms with Crippen molar-refractivity contribution in [3.05, 3.63) is 47.3 Å². The second kappa shape index (κ2) is 7.52. The molecule has 0 bridgehead atoms. The fraction of sp³-hybridized carbons (Fsp3) is 0.450. The molecule has 7 heteroatoms. The Balaban J connectivity index is 1.44. The lowest BCUT2D eigenvalue weighted by molar-refractivity contribution is -0.124. The average molecular weight is 368 g/mol. The summed E-state index contributed by atoms with van der Waals surface area (Å²) in [5.41, 5.74) is 3.41. The molecule has 2 heterocycles. The number of carbonyl (C=O) groups excluding carboxylic acids is 2. The predicted molar refractivity (Wildman–Crippen MR) is 100 cm³/mol. The maximum atomic E-state index is 12.7. The summed E-state index contributed by atoms with van der Waals surface area (Å²) in [5.74, 6) is -0.303. The van der Waals surface area contributed by atoms with Gasteiger partial charge >= 0.3 is 0 Å². The maximum Gasteiger partial charge on any atom is 0.253 e. The molecule has 1 aliphatic heterocycles. The summed E-state index contributed by atoms with van der Waals surface area (Å²) in [6.45, 7) is 0.623. The van der Waals surface area contributed by atoms with Crippen LogP contribution in [0.3, 0.4) is 0 Å². The van der Waals surface area contributed by atoms with Gasteiger partial charge in [-0.2, -0.15) is 5.10 Å². The molecule has 0 saturated carbocycles.